The minimum Gasteiger partial charge on any atom is -0.316 e. The number of allylic oxidation sites excluding steroid dienone is 4. The van der Waals surface area contributed by atoms with Gasteiger partial charge in [0.05, 0.1) is 0 Å². The highest BCUT2D eigenvalue weighted by Gasteiger charge is 2.23. The Morgan fingerprint density at radius 3 is 2.32 bits per heavy atom. The molecule has 2 amide bonds. The molecule has 0 aliphatic carbocycles. The highest BCUT2D eigenvalue weighted by atomic mass is 19.1. The lowest BCUT2D eigenvalue weighted by Crippen LogP contribution is -2.35. The maximum absolute atomic E-state index is 13.2. The van der Waals surface area contributed by atoms with Crippen LogP contribution in [-0.2, 0) is 13.1 Å². The van der Waals surface area contributed by atoms with E-state index >= 15 is 0 Å². The van der Waals surface area contributed by atoms with E-state index in [0.29, 0.717) is 18.8 Å². The van der Waals surface area contributed by atoms with E-state index in [1.807, 2.05) is 27.7 Å². The molecule has 3 nitrogen and oxygen atoms in total. The fraction of sp³-hybridized carbons (Fsp3) is 0.375. The molecule has 0 unspecified atom stereocenters. The second-order valence-electron chi connectivity index (χ2n) is 5.94. The molecule has 1 aliphatic rings. The molecule has 0 spiro atoms. The fourth-order valence-electron chi connectivity index (χ4n) is 2.55. The van der Waals surface area contributed by atoms with Gasteiger partial charge < -0.3 is 10.2 Å². The quantitative estimate of drug-likeness (QED) is 0.531. The number of carbonyl (C=O) groups is 1. The number of halogens is 1. The van der Waals surface area contributed by atoms with Gasteiger partial charge in [0.1, 0.15) is 5.82 Å². The largest absolute Gasteiger partial charge is 0.322 e. The first-order valence-corrected chi connectivity index (χ1v) is 9.98. The number of urea groups is 1. The van der Waals surface area contributed by atoms with Gasteiger partial charge in [0, 0.05) is 18.8 Å². The predicted molar refractivity (Wildman–Crippen MR) is 118 cm³/mol. The summed E-state index contributed by atoms with van der Waals surface area (Å²) in [6.45, 7) is 22.7. The molecule has 0 fully saturated rings. The first-order valence-electron chi connectivity index (χ1n) is 9.98. The van der Waals surface area contributed by atoms with Crippen molar-refractivity contribution >= 4 is 6.03 Å². The number of hydrogen-bond donors (Lipinski definition) is 1. The molecule has 0 saturated carbocycles. The number of nitrogens with zero attached hydrogens (tertiary/aromatic N) is 1. The summed E-state index contributed by atoms with van der Waals surface area (Å²) in [6.07, 6.45) is 5.42. The Morgan fingerprint density at radius 2 is 1.71 bits per heavy atom. The SMILES string of the molecule is C=C(/C=C\C(=C)C(=C)CCC)NC(=O)N1Cc2ccc(F)cc2C1.CC.CC. The topological polar surface area (TPSA) is 32.3 Å². The highest BCUT2D eigenvalue weighted by molar-refractivity contribution is 5.77. The Labute approximate surface area is 170 Å². The first-order chi connectivity index (χ1) is 13.4. The van der Waals surface area contributed by atoms with Gasteiger partial charge in [0.15, 0.2) is 0 Å². The Bertz CT molecular complexity index is 719. The van der Waals surface area contributed by atoms with Crippen LogP contribution >= 0.6 is 0 Å². The van der Waals surface area contributed by atoms with E-state index < -0.39 is 0 Å². The Kier molecular flexibility index (Phi) is 12.3. The van der Waals surface area contributed by atoms with Gasteiger partial charge in [-0.05, 0) is 46.9 Å². The van der Waals surface area contributed by atoms with Crippen LogP contribution in [0.2, 0.25) is 0 Å². The van der Waals surface area contributed by atoms with E-state index in [0.717, 1.165) is 35.1 Å². The number of rotatable bonds is 6. The lowest BCUT2D eigenvalue weighted by molar-refractivity contribution is 0.201. The van der Waals surface area contributed by atoms with Crippen LogP contribution in [-0.4, -0.2) is 10.9 Å². The zero-order chi connectivity index (χ0) is 21.7. The zero-order valence-electron chi connectivity index (χ0n) is 18.1. The molecule has 4 heteroatoms. The van der Waals surface area contributed by atoms with Gasteiger partial charge in [-0.2, -0.15) is 0 Å². The van der Waals surface area contributed by atoms with Crippen molar-refractivity contribution in [2.75, 3.05) is 0 Å². The molecule has 1 aromatic rings. The molecule has 1 aliphatic heterocycles. The number of hydrogen-bond acceptors (Lipinski definition) is 1. The van der Waals surface area contributed by atoms with Crippen molar-refractivity contribution < 1.29 is 9.18 Å². The molecule has 1 heterocycles. The molecule has 0 aromatic heterocycles. The minimum absolute atomic E-state index is 0.251. The molecule has 0 saturated heterocycles. The van der Waals surface area contributed by atoms with Crippen molar-refractivity contribution in [2.45, 2.75) is 60.5 Å². The Morgan fingerprint density at radius 1 is 1.11 bits per heavy atom. The molecule has 0 radical (unpaired) electrons. The van der Waals surface area contributed by atoms with Gasteiger partial charge >= 0.3 is 6.03 Å². The third kappa shape index (κ3) is 7.95. The maximum Gasteiger partial charge on any atom is 0.322 e. The molecule has 0 atom stereocenters. The van der Waals surface area contributed by atoms with Crippen molar-refractivity contribution in [2.24, 2.45) is 0 Å². The van der Waals surface area contributed by atoms with Gasteiger partial charge in [-0.25, -0.2) is 9.18 Å². The number of amides is 2. The number of benzene rings is 1. The molecular weight excluding hydrogens is 351 g/mol. The lowest BCUT2D eigenvalue weighted by atomic mass is 10.0. The van der Waals surface area contributed by atoms with Crippen molar-refractivity contribution in [1.82, 2.24) is 10.2 Å². The standard InChI is InChI=1S/C20H23FN2O.2C2H6/c1-5-6-14(2)15(3)7-8-16(4)22-20(24)23-12-17-9-10-19(21)11-18(17)13-23;2*1-2/h7-11H,2-6,12-13H2,1H3,(H,22,24);2*1-2H3/b8-7-;;. The monoisotopic (exact) mass is 386 g/mol. The number of fused-ring (bicyclic) bond motifs is 1. The smallest absolute Gasteiger partial charge is 0.316 e. The molecule has 0 bridgehead atoms. The van der Waals surface area contributed by atoms with Crippen LogP contribution in [0.4, 0.5) is 9.18 Å². The van der Waals surface area contributed by atoms with Gasteiger partial charge in [-0.3, -0.25) is 0 Å². The van der Waals surface area contributed by atoms with Crippen LogP contribution in [0.25, 0.3) is 0 Å². The Balaban J connectivity index is 0.00000171. The van der Waals surface area contributed by atoms with Gasteiger partial charge in [-0.15, -0.1) is 0 Å². The van der Waals surface area contributed by atoms with E-state index in [-0.39, 0.29) is 11.8 Å². The van der Waals surface area contributed by atoms with E-state index in [2.05, 4.69) is 32.0 Å². The third-order valence-corrected chi connectivity index (χ3v) is 3.94. The van der Waals surface area contributed by atoms with Crippen molar-refractivity contribution in [3.63, 3.8) is 0 Å². The summed E-state index contributed by atoms with van der Waals surface area (Å²) in [4.78, 5) is 13.9. The number of carbonyl (C=O) groups excluding carboxylic acids is 1. The third-order valence-electron chi connectivity index (χ3n) is 3.94. The molecule has 1 aromatic carbocycles. The van der Waals surface area contributed by atoms with Crippen LogP contribution in [0.5, 0.6) is 0 Å². The average molecular weight is 387 g/mol. The van der Waals surface area contributed by atoms with Crippen molar-refractivity contribution in [3.05, 3.63) is 83.9 Å². The molecule has 28 heavy (non-hydrogen) atoms. The van der Waals surface area contributed by atoms with Gasteiger partial charge in [0.2, 0.25) is 0 Å². The fourth-order valence-corrected chi connectivity index (χ4v) is 2.55. The summed E-state index contributed by atoms with van der Waals surface area (Å²) < 4.78 is 13.2. The van der Waals surface area contributed by atoms with E-state index in [4.69, 9.17) is 0 Å². The molecule has 154 valence electrons. The van der Waals surface area contributed by atoms with Crippen molar-refractivity contribution in [3.8, 4) is 0 Å². The van der Waals surface area contributed by atoms with Gasteiger partial charge in [-0.1, -0.05) is 72.9 Å². The Hall–Kier alpha value is -2.62. The lowest BCUT2D eigenvalue weighted by Gasteiger charge is -2.16. The summed E-state index contributed by atoms with van der Waals surface area (Å²) in [5.74, 6) is -0.283. The van der Waals surface area contributed by atoms with Crippen LogP contribution in [0.1, 0.15) is 58.6 Å². The summed E-state index contributed by atoms with van der Waals surface area (Å²) in [5, 5.41) is 2.74. The number of nitrogens with one attached hydrogen (secondary N) is 1. The van der Waals surface area contributed by atoms with E-state index in [9.17, 15) is 9.18 Å². The maximum atomic E-state index is 13.2. The second kappa shape index (κ2) is 13.5. The van der Waals surface area contributed by atoms with Crippen LogP contribution in [0, 0.1) is 5.82 Å². The minimum atomic E-state index is -0.283. The summed E-state index contributed by atoms with van der Waals surface area (Å²) >= 11 is 0. The van der Waals surface area contributed by atoms with Crippen molar-refractivity contribution in [1.29, 1.82) is 0 Å². The highest BCUT2D eigenvalue weighted by Crippen LogP contribution is 2.23. The predicted octanol–water partition coefficient (Wildman–Crippen LogP) is 6.89. The zero-order valence-corrected chi connectivity index (χ0v) is 18.1. The average Bonchev–Trinajstić information content (AvgIpc) is 3.12. The van der Waals surface area contributed by atoms with E-state index in [1.165, 1.54) is 12.1 Å². The summed E-state index contributed by atoms with van der Waals surface area (Å²) in [6, 6.07) is 4.35. The molecule has 2 rings (SSSR count). The first kappa shape index (κ1) is 25.4. The van der Waals surface area contributed by atoms with Crippen LogP contribution in [0.3, 0.4) is 0 Å². The normalized spacial score (nSPS) is 11.6. The molecular formula is C24H35FN2O. The summed E-state index contributed by atoms with van der Waals surface area (Å²) in [7, 11) is 0. The van der Waals surface area contributed by atoms with Crippen LogP contribution in [0.15, 0.2) is 66.9 Å². The second-order valence-corrected chi connectivity index (χ2v) is 5.94. The van der Waals surface area contributed by atoms with E-state index in [1.54, 1.807) is 23.1 Å². The summed E-state index contributed by atoms with van der Waals surface area (Å²) in [5.41, 5.74) is 4.10. The van der Waals surface area contributed by atoms with Gasteiger partial charge in [0.25, 0.3) is 0 Å². The van der Waals surface area contributed by atoms with Crippen LogP contribution < -0.4 is 5.32 Å². The molecule has 1 N–H and O–H groups in total.